The standard InChI is InChI=1S/C15H17N5/c1-11(9-20-8-7-16-10-20)17-15-14-6-4-3-5-13(14)12(2)18-19-15/h3-8,10-11H,9H2,1-2H3,(H,17,19). The smallest absolute Gasteiger partial charge is 0.156 e. The fraction of sp³-hybridized carbons (Fsp3) is 0.267. The second kappa shape index (κ2) is 5.28. The predicted octanol–water partition coefficient (Wildman–Crippen LogP) is 2.64. The molecule has 20 heavy (non-hydrogen) atoms. The van der Waals surface area contributed by atoms with Crippen LogP contribution in [0.1, 0.15) is 12.6 Å². The lowest BCUT2D eigenvalue weighted by Crippen LogP contribution is -2.22. The summed E-state index contributed by atoms with van der Waals surface area (Å²) in [6.07, 6.45) is 5.56. The number of anilines is 1. The minimum Gasteiger partial charge on any atom is -0.364 e. The fourth-order valence-electron chi connectivity index (χ4n) is 2.33. The van der Waals surface area contributed by atoms with Gasteiger partial charge in [0.1, 0.15) is 0 Å². The van der Waals surface area contributed by atoms with E-state index in [1.54, 1.807) is 6.20 Å². The molecule has 0 radical (unpaired) electrons. The van der Waals surface area contributed by atoms with Crippen LogP contribution in [0.15, 0.2) is 43.0 Å². The van der Waals surface area contributed by atoms with E-state index in [1.807, 2.05) is 36.1 Å². The molecular weight excluding hydrogens is 250 g/mol. The highest BCUT2D eigenvalue weighted by Crippen LogP contribution is 2.22. The maximum Gasteiger partial charge on any atom is 0.156 e. The lowest BCUT2D eigenvalue weighted by atomic mass is 10.1. The van der Waals surface area contributed by atoms with Gasteiger partial charge in [-0.05, 0) is 13.8 Å². The number of hydrogen-bond acceptors (Lipinski definition) is 4. The molecule has 0 saturated carbocycles. The first-order valence-corrected chi connectivity index (χ1v) is 6.68. The van der Waals surface area contributed by atoms with E-state index in [4.69, 9.17) is 0 Å². The Kier molecular flexibility index (Phi) is 3.33. The maximum absolute atomic E-state index is 4.29. The van der Waals surface area contributed by atoms with Crippen molar-refractivity contribution in [3.8, 4) is 0 Å². The Hall–Kier alpha value is -2.43. The van der Waals surface area contributed by atoms with Gasteiger partial charge in [-0.1, -0.05) is 24.3 Å². The van der Waals surface area contributed by atoms with Crippen LogP contribution in [0.5, 0.6) is 0 Å². The van der Waals surface area contributed by atoms with Crippen LogP contribution in [0.2, 0.25) is 0 Å². The molecule has 3 rings (SSSR count). The second-order valence-corrected chi connectivity index (χ2v) is 4.98. The van der Waals surface area contributed by atoms with Crippen molar-refractivity contribution in [2.24, 2.45) is 0 Å². The first-order chi connectivity index (χ1) is 9.74. The van der Waals surface area contributed by atoms with E-state index in [-0.39, 0.29) is 6.04 Å². The molecule has 0 aliphatic heterocycles. The van der Waals surface area contributed by atoms with Crippen LogP contribution in [0.25, 0.3) is 10.8 Å². The van der Waals surface area contributed by atoms with Crippen LogP contribution in [-0.2, 0) is 6.54 Å². The molecule has 1 unspecified atom stereocenters. The quantitative estimate of drug-likeness (QED) is 0.789. The molecule has 0 saturated heterocycles. The largest absolute Gasteiger partial charge is 0.364 e. The van der Waals surface area contributed by atoms with Gasteiger partial charge in [0, 0.05) is 35.8 Å². The molecule has 0 bridgehead atoms. The lowest BCUT2D eigenvalue weighted by Gasteiger charge is -2.16. The van der Waals surface area contributed by atoms with E-state index in [0.717, 1.165) is 28.8 Å². The van der Waals surface area contributed by atoms with Crippen molar-refractivity contribution in [3.63, 3.8) is 0 Å². The summed E-state index contributed by atoms with van der Waals surface area (Å²) < 4.78 is 2.04. The summed E-state index contributed by atoms with van der Waals surface area (Å²) in [5.41, 5.74) is 0.952. The predicted molar refractivity (Wildman–Crippen MR) is 79.6 cm³/mol. The van der Waals surface area contributed by atoms with Crippen LogP contribution in [0.3, 0.4) is 0 Å². The number of nitrogens with zero attached hydrogens (tertiary/aromatic N) is 4. The van der Waals surface area contributed by atoms with Crippen molar-refractivity contribution in [1.29, 1.82) is 0 Å². The van der Waals surface area contributed by atoms with E-state index in [9.17, 15) is 0 Å². The van der Waals surface area contributed by atoms with E-state index in [1.165, 1.54) is 0 Å². The Bertz CT molecular complexity index is 705. The molecule has 1 atom stereocenters. The minimum absolute atomic E-state index is 0.240. The van der Waals surface area contributed by atoms with Crippen LogP contribution in [0, 0.1) is 6.92 Å². The number of nitrogens with one attached hydrogen (secondary N) is 1. The highest BCUT2D eigenvalue weighted by atomic mass is 15.2. The zero-order chi connectivity index (χ0) is 13.9. The SMILES string of the molecule is Cc1nnc(NC(C)Cn2ccnc2)c2ccccc12. The van der Waals surface area contributed by atoms with Crippen LogP contribution < -0.4 is 5.32 Å². The topological polar surface area (TPSA) is 55.6 Å². The Morgan fingerprint density at radius 3 is 2.75 bits per heavy atom. The van der Waals surface area contributed by atoms with Gasteiger partial charge >= 0.3 is 0 Å². The zero-order valence-corrected chi connectivity index (χ0v) is 11.6. The number of aromatic nitrogens is 4. The van der Waals surface area contributed by atoms with Gasteiger partial charge in [0.25, 0.3) is 0 Å². The number of aryl methyl sites for hydroxylation is 1. The third kappa shape index (κ3) is 2.47. The number of benzene rings is 1. The Labute approximate surface area is 117 Å². The first-order valence-electron chi connectivity index (χ1n) is 6.68. The average Bonchev–Trinajstić information content (AvgIpc) is 2.95. The van der Waals surface area contributed by atoms with E-state index < -0.39 is 0 Å². The molecule has 0 aliphatic carbocycles. The van der Waals surface area contributed by atoms with Crippen molar-refractivity contribution in [3.05, 3.63) is 48.7 Å². The van der Waals surface area contributed by atoms with Gasteiger partial charge in [0.2, 0.25) is 0 Å². The molecule has 5 nitrogen and oxygen atoms in total. The third-order valence-electron chi connectivity index (χ3n) is 3.30. The van der Waals surface area contributed by atoms with Gasteiger partial charge in [-0.3, -0.25) is 0 Å². The van der Waals surface area contributed by atoms with Gasteiger partial charge in [-0.2, -0.15) is 5.10 Å². The van der Waals surface area contributed by atoms with Crippen molar-refractivity contribution >= 4 is 16.6 Å². The summed E-state index contributed by atoms with van der Waals surface area (Å²) in [6.45, 7) is 4.94. The maximum atomic E-state index is 4.29. The van der Waals surface area contributed by atoms with Gasteiger partial charge < -0.3 is 9.88 Å². The third-order valence-corrected chi connectivity index (χ3v) is 3.30. The highest BCUT2D eigenvalue weighted by molar-refractivity contribution is 5.92. The molecule has 0 fully saturated rings. The highest BCUT2D eigenvalue weighted by Gasteiger charge is 2.09. The van der Waals surface area contributed by atoms with Crippen molar-refractivity contribution in [2.45, 2.75) is 26.4 Å². The van der Waals surface area contributed by atoms with Crippen LogP contribution >= 0.6 is 0 Å². The van der Waals surface area contributed by atoms with Crippen molar-refractivity contribution < 1.29 is 0 Å². The molecule has 2 heterocycles. The monoisotopic (exact) mass is 267 g/mol. The molecule has 0 amide bonds. The molecule has 1 N–H and O–H groups in total. The molecule has 5 heteroatoms. The van der Waals surface area contributed by atoms with E-state index >= 15 is 0 Å². The zero-order valence-electron chi connectivity index (χ0n) is 11.6. The molecule has 0 aliphatic rings. The van der Waals surface area contributed by atoms with Crippen LogP contribution in [-0.4, -0.2) is 25.8 Å². The Morgan fingerprint density at radius 1 is 1.20 bits per heavy atom. The Balaban J connectivity index is 1.85. The first kappa shape index (κ1) is 12.6. The molecule has 102 valence electrons. The number of imidazole rings is 1. The van der Waals surface area contributed by atoms with Crippen molar-refractivity contribution in [1.82, 2.24) is 19.7 Å². The van der Waals surface area contributed by atoms with Gasteiger partial charge in [0.15, 0.2) is 5.82 Å². The average molecular weight is 267 g/mol. The molecular formula is C15H17N5. The molecule has 3 aromatic rings. The van der Waals surface area contributed by atoms with Crippen molar-refractivity contribution in [2.75, 3.05) is 5.32 Å². The number of fused-ring (bicyclic) bond motifs is 1. The summed E-state index contributed by atoms with van der Waals surface area (Å²) in [5.74, 6) is 0.832. The summed E-state index contributed by atoms with van der Waals surface area (Å²) in [7, 11) is 0. The summed E-state index contributed by atoms with van der Waals surface area (Å²) >= 11 is 0. The van der Waals surface area contributed by atoms with Gasteiger partial charge in [-0.25, -0.2) is 4.98 Å². The summed E-state index contributed by atoms with van der Waals surface area (Å²) in [4.78, 5) is 4.05. The molecule has 1 aromatic carbocycles. The van der Waals surface area contributed by atoms with E-state index in [0.29, 0.717) is 0 Å². The number of hydrogen-bond donors (Lipinski definition) is 1. The second-order valence-electron chi connectivity index (χ2n) is 4.98. The lowest BCUT2D eigenvalue weighted by molar-refractivity contribution is 0.616. The number of rotatable bonds is 4. The normalized spacial score (nSPS) is 12.5. The van der Waals surface area contributed by atoms with E-state index in [2.05, 4.69) is 39.6 Å². The molecule has 0 spiro atoms. The summed E-state index contributed by atoms with van der Waals surface area (Å²) in [5, 5.41) is 14.2. The molecule has 2 aromatic heterocycles. The Morgan fingerprint density at radius 2 is 2.00 bits per heavy atom. The van der Waals surface area contributed by atoms with Crippen LogP contribution in [0.4, 0.5) is 5.82 Å². The minimum atomic E-state index is 0.240. The van der Waals surface area contributed by atoms with Gasteiger partial charge in [-0.15, -0.1) is 5.10 Å². The van der Waals surface area contributed by atoms with Gasteiger partial charge in [0.05, 0.1) is 12.0 Å². The fourth-order valence-corrected chi connectivity index (χ4v) is 2.33. The summed E-state index contributed by atoms with van der Waals surface area (Å²) in [6, 6.07) is 8.43.